The first-order valence-corrected chi connectivity index (χ1v) is 8.83. The lowest BCUT2D eigenvalue weighted by Gasteiger charge is -2.22. The number of ether oxygens (including phenoxy) is 2. The molecule has 0 saturated carbocycles. The van der Waals surface area contributed by atoms with E-state index in [4.69, 9.17) is 9.47 Å². The van der Waals surface area contributed by atoms with Crippen molar-refractivity contribution in [3.8, 4) is 11.8 Å². The Morgan fingerprint density at radius 3 is 2.71 bits per heavy atom. The normalized spacial score (nSPS) is 17.3. The summed E-state index contributed by atoms with van der Waals surface area (Å²) in [7, 11) is 5.04. The number of likely N-dealkylation sites (N-methyl/N-ethyl adjacent to an activating group) is 1. The minimum atomic E-state index is -0.289. The van der Waals surface area contributed by atoms with Crippen molar-refractivity contribution < 1.29 is 14.3 Å². The molecular formula is C21H22N4O3. The summed E-state index contributed by atoms with van der Waals surface area (Å²) in [5.74, 6) is 1.32. The maximum Gasteiger partial charge on any atom is 0.241 e. The second-order valence-electron chi connectivity index (χ2n) is 6.57. The number of nitrogens with one attached hydrogen (secondary N) is 1. The Kier molecular flexibility index (Phi) is 5.80. The van der Waals surface area contributed by atoms with E-state index in [1.54, 1.807) is 27.4 Å². The van der Waals surface area contributed by atoms with Gasteiger partial charge in [0.15, 0.2) is 0 Å². The molecular weight excluding hydrogens is 356 g/mol. The summed E-state index contributed by atoms with van der Waals surface area (Å²) in [6, 6.07) is 9.47. The first-order chi connectivity index (χ1) is 13.5. The Hall–Kier alpha value is -3.53. The van der Waals surface area contributed by atoms with E-state index in [1.165, 1.54) is 4.90 Å². The first-order valence-electron chi connectivity index (χ1n) is 8.83. The molecule has 1 aromatic carbocycles. The van der Waals surface area contributed by atoms with Gasteiger partial charge in [0.2, 0.25) is 5.91 Å². The summed E-state index contributed by atoms with van der Waals surface area (Å²) >= 11 is 0. The third-order valence-electron chi connectivity index (χ3n) is 4.46. The summed E-state index contributed by atoms with van der Waals surface area (Å²) < 4.78 is 11.2. The van der Waals surface area contributed by atoms with Crippen molar-refractivity contribution in [3.05, 3.63) is 64.6 Å². The number of aliphatic imine (C=N–C) groups is 1. The van der Waals surface area contributed by atoms with Gasteiger partial charge in [0.05, 0.1) is 19.2 Å². The SMILES string of the molecule is COc1ccc(COC2=CC(NCC(=O)N(C)C)=CC3N=CC(C#N)=C23)cc1. The Morgan fingerprint density at radius 1 is 1.32 bits per heavy atom. The number of rotatable bonds is 7. The van der Waals surface area contributed by atoms with Crippen LogP contribution in [0.25, 0.3) is 0 Å². The average Bonchev–Trinajstić information content (AvgIpc) is 3.13. The molecule has 1 heterocycles. The summed E-state index contributed by atoms with van der Waals surface area (Å²) in [6.45, 7) is 0.510. The molecule has 1 N–H and O–H groups in total. The number of fused-ring (bicyclic) bond motifs is 1. The summed E-state index contributed by atoms with van der Waals surface area (Å²) in [5, 5.41) is 12.5. The van der Waals surface area contributed by atoms with Crippen molar-refractivity contribution in [2.75, 3.05) is 27.7 Å². The number of hydrogen-bond acceptors (Lipinski definition) is 6. The molecule has 3 rings (SSSR count). The third-order valence-corrected chi connectivity index (χ3v) is 4.46. The van der Waals surface area contributed by atoms with Crippen molar-refractivity contribution in [3.63, 3.8) is 0 Å². The molecule has 1 aromatic rings. The first kappa shape index (κ1) is 19.2. The molecule has 0 fully saturated rings. The Labute approximate surface area is 164 Å². The van der Waals surface area contributed by atoms with E-state index in [0.29, 0.717) is 17.9 Å². The van der Waals surface area contributed by atoms with E-state index >= 15 is 0 Å². The van der Waals surface area contributed by atoms with Gasteiger partial charge in [0, 0.05) is 37.7 Å². The zero-order chi connectivity index (χ0) is 20.1. The molecule has 2 aliphatic rings. The highest BCUT2D eigenvalue weighted by Crippen LogP contribution is 2.32. The van der Waals surface area contributed by atoms with Crippen LogP contribution in [0.15, 0.2) is 64.0 Å². The monoisotopic (exact) mass is 378 g/mol. The number of carbonyl (C=O) groups is 1. The minimum absolute atomic E-state index is 0.0380. The number of benzene rings is 1. The van der Waals surface area contributed by atoms with E-state index in [2.05, 4.69) is 16.4 Å². The molecule has 1 aliphatic carbocycles. The predicted molar refractivity (Wildman–Crippen MR) is 106 cm³/mol. The highest BCUT2D eigenvalue weighted by molar-refractivity contribution is 5.90. The van der Waals surface area contributed by atoms with Crippen LogP contribution in [0.5, 0.6) is 5.75 Å². The third kappa shape index (κ3) is 4.23. The standard InChI is InChI=1S/C21H22N4O3/c1-25(2)20(26)12-23-16-8-18-21(15(10-22)11-24-18)19(9-16)28-13-14-4-6-17(27-3)7-5-14/h4-9,11,18,23H,12-13H2,1-3H3. The van der Waals surface area contributed by atoms with Crippen LogP contribution in [0.4, 0.5) is 0 Å². The number of hydrogen-bond donors (Lipinski definition) is 1. The highest BCUT2D eigenvalue weighted by Gasteiger charge is 2.29. The van der Waals surface area contributed by atoms with Crippen LogP contribution in [0, 0.1) is 11.3 Å². The van der Waals surface area contributed by atoms with Crippen LogP contribution in [-0.4, -0.2) is 50.8 Å². The van der Waals surface area contributed by atoms with Crippen LogP contribution in [-0.2, 0) is 16.1 Å². The molecule has 0 bridgehead atoms. The van der Waals surface area contributed by atoms with Crippen LogP contribution in [0.3, 0.4) is 0 Å². The van der Waals surface area contributed by atoms with Gasteiger partial charge in [-0.15, -0.1) is 0 Å². The quantitative estimate of drug-likeness (QED) is 0.784. The maximum absolute atomic E-state index is 11.8. The van der Waals surface area contributed by atoms with Gasteiger partial charge in [-0.1, -0.05) is 12.1 Å². The average molecular weight is 378 g/mol. The molecule has 0 saturated heterocycles. The van der Waals surface area contributed by atoms with E-state index in [1.807, 2.05) is 36.4 Å². The topological polar surface area (TPSA) is 87.0 Å². The zero-order valence-corrected chi connectivity index (χ0v) is 16.1. The Balaban J connectivity index is 1.77. The molecule has 0 aromatic heterocycles. The number of methoxy groups -OCH3 is 1. The zero-order valence-electron chi connectivity index (χ0n) is 16.1. The summed E-state index contributed by atoms with van der Waals surface area (Å²) in [6.07, 6.45) is 5.26. The van der Waals surface area contributed by atoms with Gasteiger partial charge in [-0.3, -0.25) is 9.79 Å². The molecule has 144 valence electrons. The summed E-state index contributed by atoms with van der Waals surface area (Å²) in [5.41, 5.74) is 2.96. The maximum atomic E-state index is 11.8. The lowest BCUT2D eigenvalue weighted by Crippen LogP contribution is -2.33. The van der Waals surface area contributed by atoms with Crippen molar-refractivity contribution >= 4 is 12.1 Å². The molecule has 0 radical (unpaired) electrons. The smallest absolute Gasteiger partial charge is 0.241 e. The second-order valence-corrected chi connectivity index (χ2v) is 6.57. The number of amides is 1. The van der Waals surface area contributed by atoms with Crippen molar-refractivity contribution in [1.82, 2.24) is 10.2 Å². The molecule has 1 atom stereocenters. The highest BCUT2D eigenvalue weighted by atomic mass is 16.5. The number of nitrogens with zero attached hydrogens (tertiary/aromatic N) is 3. The molecule has 1 unspecified atom stereocenters. The van der Waals surface area contributed by atoms with Crippen LogP contribution in [0.2, 0.25) is 0 Å². The largest absolute Gasteiger partial charge is 0.497 e. The van der Waals surface area contributed by atoms with Gasteiger partial charge < -0.3 is 19.7 Å². The van der Waals surface area contributed by atoms with Crippen molar-refractivity contribution in [1.29, 1.82) is 5.26 Å². The van der Waals surface area contributed by atoms with Gasteiger partial charge in [-0.05, 0) is 23.8 Å². The van der Waals surface area contributed by atoms with Crippen LogP contribution >= 0.6 is 0 Å². The molecule has 28 heavy (non-hydrogen) atoms. The van der Waals surface area contributed by atoms with Gasteiger partial charge >= 0.3 is 0 Å². The van der Waals surface area contributed by atoms with E-state index in [-0.39, 0.29) is 18.5 Å². The van der Waals surface area contributed by atoms with Gasteiger partial charge in [-0.2, -0.15) is 5.26 Å². The number of allylic oxidation sites excluding steroid dienone is 2. The van der Waals surface area contributed by atoms with Crippen LogP contribution in [0.1, 0.15) is 5.56 Å². The molecule has 1 aliphatic heterocycles. The Morgan fingerprint density at radius 2 is 2.07 bits per heavy atom. The van der Waals surface area contributed by atoms with E-state index in [9.17, 15) is 10.1 Å². The predicted octanol–water partition coefficient (Wildman–Crippen LogP) is 1.94. The fourth-order valence-electron chi connectivity index (χ4n) is 2.84. The van der Waals surface area contributed by atoms with E-state index < -0.39 is 0 Å². The molecule has 7 nitrogen and oxygen atoms in total. The second kappa shape index (κ2) is 8.44. The van der Waals surface area contributed by atoms with Crippen molar-refractivity contribution in [2.24, 2.45) is 4.99 Å². The van der Waals surface area contributed by atoms with Gasteiger partial charge in [0.25, 0.3) is 0 Å². The van der Waals surface area contributed by atoms with Crippen LogP contribution < -0.4 is 10.1 Å². The summed E-state index contributed by atoms with van der Waals surface area (Å²) in [4.78, 5) is 17.7. The van der Waals surface area contributed by atoms with Gasteiger partial charge in [-0.25, -0.2) is 0 Å². The van der Waals surface area contributed by atoms with Crippen molar-refractivity contribution in [2.45, 2.75) is 12.6 Å². The lowest BCUT2D eigenvalue weighted by molar-refractivity contribution is -0.127. The van der Waals surface area contributed by atoms with E-state index in [0.717, 1.165) is 22.6 Å². The fraction of sp³-hybridized carbons (Fsp3) is 0.286. The molecule has 7 heteroatoms. The number of carbonyl (C=O) groups excluding carboxylic acids is 1. The minimum Gasteiger partial charge on any atom is -0.497 e. The molecule has 0 spiro atoms. The fourth-order valence-corrected chi connectivity index (χ4v) is 2.84. The lowest BCUT2D eigenvalue weighted by atomic mass is 9.96. The van der Waals surface area contributed by atoms with Gasteiger partial charge in [0.1, 0.15) is 30.2 Å². The molecule has 1 amide bonds. The Bertz CT molecular complexity index is 918. The number of nitriles is 1.